The molecule has 8 atom stereocenters. The van der Waals surface area contributed by atoms with E-state index in [9.17, 15) is 78.0 Å². The number of nitrogens with two attached hydrogens (primary N) is 1. The van der Waals surface area contributed by atoms with Crippen molar-refractivity contribution in [1.82, 2.24) is 30.2 Å². The number of carboxylic acids is 1. The Balaban J connectivity index is 1.47. The first-order valence-corrected chi connectivity index (χ1v) is 22.5. The minimum Gasteiger partial charge on any atom is -0.481 e. The number of anilines is 1. The van der Waals surface area contributed by atoms with Crippen molar-refractivity contribution in [3.8, 4) is 0 Å². The molecule has 29 nitrogen and oxygen atoms in total. The van der Waals surface area contributed by atoms with Crippen LogP contribution in [0.5, 0.6) is 0 Å². The summed E-state index contributed by atoms with van der Waals surface area (Å²) in [6, 6.07) is 0. The summed E-state index contributed by atoms with van der Waals surface area (Å²) in [7, 11) is -16.5. The number of nitrogens with zero attached hydrogens (tertiary/aromatic N) is 4. The van der Waals surface area contributed by atoms with Crippen LogP contribution < -0.4 is 16.4 Å². The average Bonchev–Trinajstić information content (AvgIpc) is 3.67. The maximum absolute atomic E-state index is 12.7. The largest absolute Gasteiger partial charge is 0.481 e. The molecule has 2 aromatic heterocycles. The van der Waals surface area contributed by atoms with Crippen LogP contribution in [0.25, 0.3) is 11.2 Å². The predicted octanol–water partition coefficient (Wildman–Crippen LogP) is -3.22. The molecule has 0 aromatic carbocycles. The van der Waals surface area contributed by atoms with Gasteiger partial charge in [-0.3, -0.25) is 37.3 Å². The van der Waals surface area contributed by atoms with Gasteiger partial charge >= 0.3 is 29.4 Å². The molecule has 33 heteroatoms. The number of phosphoric ester groups is 3. The van der Waals surface area contributed by atoms with Gasteiger partial charge in [0.25, 0.3) is 5.97 Å². The third-order valence-electron chi connectivity index (χ3n) is 8.15. The highest BCUT2D eigenvalue weighted by Gasteiger charge is 2.50. The van der Waals surface area contributed by atoms with Crippen LogP contribution in [0.4, 0.5) is 5.82 Å². The Morgan fingerprint density at radius 3 is 2.27 bits per heavy atom. The van der Waals surface area contributed by atoms with Crippen LogP contribution >= 0.6 is 35.2 Å². The van der Waals surface area contributed by atoms with E-state index in [0.717, 1.165) is 17.2 Å². The highest BCUT2D eigenvalue weighted by Crippen LogP contribution is 2.61. The molecule has 3 heterocycles. The van der Waals surface area contributed by atoms with Gasteiger partial charge in [0.1, 0.15) is 42.2 Å². The van der Waals surface area contributed by atoms with Gasteiger partial charge in [-0.05, 0) is 6.42 Å². The fourth-order valence-electron chi connectivity index (χ4n) is 5.12. The Hall–Kier alpha value is -3.09. The Bertz CT molecular complexity index is 2000. The third-order valence-corrected chi connectivity index (χ3v) is 12.2. The molecule has 340 valence electrons. The molecule has 0 saturated carbocycles. The lowest BCUT2D eigenvalue weighted by Gasteiger charge is -2.30. The number of carbonyl (C=O) groups excluding carboxylic acids is 3. The number of phosphoric acid groups is 3. The molecule has 1 saturated heterocycles. The Labute approximate surface area is 342 Å². The standard InChI is InChI=1S/C27H44N7O22P3S/c1-26(2,20(39)23(40)30-6-5-15(35)29-7-8-60-25(41)13(27(42,43)44)3-4-16(36)37)10-53-59(50,51)56-58(48,49)52-9-14-19(55-57(45,46)47)18(38)24(54-14)34-12-33-17-21(28)31-11-32-22(17)34/h11-14,18-20,24,38-39,42-44H,3-10H2,1-2H3,(H,29,35)(H,30,40)(H,36,37)(H,48,49)(H,50,51)(H2,28,31,32)(H2,45,46,47)/t13?,14-,18-,19-,20+,24-/m1/s1. The first kappa shape index (κ1) is 51.3. The number of carbonyl (C=O) groups is 4. The van der Waals surface area contributed by atoms with Crippen molar-refractivity contribution in [2.45, 2.75) is 69.7 Å². The minimum atomic E-state index is -5.62. The van der Waals surface area contributed by atoms with Gasteiger partial charge in [0.05, 0.1) is 19.5 Å². The molecule has 14 N–H and O–H groups in total. The molecular weight excluding hydrogens is 899 g/mol. The van der Waals surface area contributed by atoms with E-state index in [1.165, 1.54) is 13.8 Å². The number of thioether (sulfide) groups is 1. The van der Waals surface area contributed by atoms with Gasteiger partial charge in [0.2, 0.25) is 11.8 Å². The second-order valence-corrected chi connectivity index (χ2v) is 18.7. The van der Waals surface area contributed by atoms with Gasteiger partial charge in [0.15, 0.2) is 22.8 Å². The number of nitrogens with one attached hydrogen (secondary N) is 2. The van der Waals surface area contributed by atoms with Crippen molar-refractivity contribution in [2.24, 2.45) is 11.3 Å². The zero-order valence-corrected chi connectivity index (χ0v) is 34.8. The number of nitrogen functional groups attached to an aromatic ring is 1. The molecule has 2 amide bonds. The zero-order valence-electron chi connectivity index (χ0n) is 31.3. The monoisotopic (exact) mass is 943 g/mol. The van der Waals surface area contributed by atoms with Crippen molar-refractivity contribution >= 4 is 75.1 Å². The molecule has 1 aliphatic heterocycles. The van der Waals surface area contributed by atoms with Crippen LogP contribution in [0.15, 0.2) is 12.7 Å². The number of aliphatic hydroxyl groups is 5. The van der Waals surface area contributed by atoms with E-state index in [1.54, 1.807) is 0 Å². The molecule has 1 fully saturated rings. The highest BCUT2D eigenvalue weighted by molar-refractivity contribution is 8.13. The van der Waals surface area contributed by atoms with E-state index < -0.39 is 120 Å². The van der Waals surface area contributed by atoms with Crippen LogP contribution in [-0.4, -0.2) is 155 Å². The van der Waals surface area contributed by atoms with E-state index >= 15 is 0 Å². The smallest absolute Gasteiger partial charge is 0.481 e. The summed E-state index contributed by atoms with van der Waals surface area (Å²) in [5.74, 6) is -8.57. The second kappa shape index (κ2) is 20.9. The number of carboxylic acid groups (broad SMARTS) is 1. The van der Waals surface area contributed by atoms with Crippen molar-refractivity contribution in [3.05, 3.63) is 12.7 Å². The summed E-state index contributed by atoms with van der Waals surface area (Å²) in [4.78, 5) is 98.5. The Morgan fingerprint density at radius 1 is 1.00 bits per heavy atom. The predicted molar refractivity (Wildman–Crippen MR) is 197 cm³/mol. The minimum absolute atomic E-state index is 0.00381. The molecule has 3 unspecified atom stereocenters. The maximum Gasteiger partial charge on any atom is 0.481 e. The van der Waals surface area contributed by atoms with E-state index in [4.69, 9.17) is 24.6 Å². The van der Waals surface area contributed by atoms with Gasteiger partial charge in [-0.25, -0.2) is 28.6 Å². The number of imidazole rings is 1. The molecule has 0 bridgehead atoms. The number of aliphatic carboxylic acids is 1. The van der Waals surface area contributed by atoms with Gasteiger partial charge in [-0.1, -0.05) is 25.6 Å². The number of ether oxygens (including phenoxy) is 1. The lowest BCUT2D eigenvalue weighted by atomic mass is 9.87. The number of aliphatic hydroxyl groups excluding tert-OH is 2. The van der Waals surface area contributed by atoms with E-state index in [0.29, 0.717) is 11.8 Å². The molecule has 0 spiro atoms. The van der Waals surface area contributed by atoms with E-state index in [2.05, 4.69) is 34.4 Å². The normalized spacial score (nSPS) is 21.8. The number of aromatic nitrogens is 4. The van der Waals surface area contributed by atoms with Gasteiger partial charge < -0.3 is 71.3 Å². The van der Waals surface area contributed by atoms with Crippen LogP contribution in [0.1, 0.15) is 39.3 Å². The Morgan fingerprint density at radius 2 is 1.65 bits per heavy atom. The highest BCUT2D eigenvalue weighted by atomic mass is 32.2. The second-order valence-electron chi connectivity index (χ2n) is 13.4. The average molecular weight is 944 g/mol. The number of hydrogen-bond acceptors (Lipinski definition) is 22. The molecule has 3 rings (SSSR count). The van der Waals surface area contributed by atoms with E-state index in [-0.39, 0.29) is 42.2 Å². The van der Waals surface area contributed by atoms with E-state index in [1.807, 2.05) is 0 Å². The molecule has 2 aromatic rings. The van der Waals surface area contributed by atoms with Gasteiger partial charge in [0, 0.05) is 37.1 Å². The quantitative estimate of drug-likeness (QED) is 0.0280. The first-order valence-electron chi connectivity index (χ1n) is 17.0. The van der Waals surface area contributed by atoms with Crippen LogP contribution in [0, 0.1) is 11.3 Å². The lowest BCUT2D eigenvalue weighted by molar-refractivity contribution is -0.333. The fourth-order valence-corrected chi connectivity index (χ4v) is 8.83. The zero-order chi connectivity index (χ0) is 45.4. The molecule has 1 aliphatic rings. The van der Waals surface area contributed by atoms with Crippen molar-refractivity contribution in [3.63, 3.8) is 0 Å². The number of amides is 2. The summed E-state index contributed by atoms with van der Waals surface area (Å²) in [6.45, 7) is -0.259. The number of fused-ring (bicyclic) bond motifs is 1. The van der Waals surface area contributed by atoms with Crippen LogP contribution in [-0.2, 0) is 55.5 Å². The van der Waals surface area contributed by atoms with Crippen LogP contribution in [0.2, 0.25) is 0 Å². The van der Waals surface area contributed by atoms with Crippen molar-refractivity contribution in [1.29, 1.82) is 0 Å². The summed E-state index contributed by atoms with van der Waals surface area (Å²) < 4.78 is 61.9. The topological polar surface area (TPSA) is 462 Å². The van der Waals surface area contributed by atoms with Crippen LogP contribution in [0.3, 0.4) is 0 Å². The number of hydrogen-bond donors (Lipinski definition) is 13. The molecular formula is C27H44N7O22P3S. The van der Waals surface area contributed by atoms with Crippen molar-refractivity contribution in [2.75, 3.05) is 37.8 Å². The fraction of sp³-hybridized carbons (Fsp3) is 0.667. The third kappa shape index (κ3) is 15.4. The summed E-state index contributed by atoms with van der Waals surface area (Å²) in [5, 5.41) is 61.9. The summed E-state index contributed by atoms with van der Waals surface area (Å²) in [6.07, 6.45) is -8.59. The van der Waals surface area contributed by atoms with Gasteiger partial charge in [-0.15, -0.1) is 0 Å². The molecule has 0 radical (unpaired) electrons. The summed E-state index contributed by atoms with van der Waals surface area (Å²) >= 11 is 0.484. The molecule has 0 aliphatic carbocycles. The number of rotatable bonds is 24. The maximum atomic E-state index is 12.7. The lowest BCUT2D eigenvalue weighted by Crippen LogP contribution is -2.46. The van der Waals surface area contributed by atoms with Gasteiger partial charge in [-0.2, -0.15) is 4.31 Å². The SMILES string of the molecule is CC(C)(COP(=O)(O)OP(=O)(O)OC[C@H]1O[C@@H](n2cnc3c(N)ncnc32)[C@H](O)[C@@H]1OP(=O)(O)O)[C@@H](O)C(=O)NCCC(=O)NCCSC(=O)C(CCC(=O)O)C(O)(O)O. The van der Waals surface area contributed by atoms with Crippen molar-refractivity contribution < 1.29 is 106 Å². The Kier molecular flexibility index (Phi) is 17.8. The first-order chi connectivity index (χ1) is 27.5. The summed E-state index contributed by atoms with van der Waals surface area (Å²) in [5.41, 5.74) is 4.11. The molecule has 60 heavy (non-hydrogen) atoms.